The second kappa shape index (κ2) is 13.9. The average Bonchev–Trinajstić information content (AvgIpc) is 2.47. The molecule has 0 saturated heterocycles. The molecular weight excluding hydrogens is 246 g/mol. The highest BCUT2D eigenvalue weighted by Gasteiger charge is 2.25. The predicted octanol–water partition coefficient (Wildman–Crippen LogP) is 4.76. The Hall–Kier alpha value is -0.0800. The van der Waals surface area contributed by atoms with Gasteiger partial charge in [-0.3, -0.25) is 0 Å². The molecule has 0 amide bonds. The summed E-state index contributed by atoms with van der Waals surface area (Å²) in [6, 6.07) is 0. The minimum Gasteiger partial charge on any atom is -0.396 e. The fourth-order valence-corrected chi connectivity index (χ4v) is 3.09. The maximum Gasteiger partial charge on any atom is 0.0787 e. The lowest BCUT2D eigenvalue weighted by Gasteiger charge is -2.39. The van der Waals surface area contributed by atoms with E-state index >= 15 is 0 Å². The maximum atomic E-state index is 9.05. The van der Waals surface area contributed by atoms with E-state index in [2.05, 4.69) is 20.8 Å². The van der Waals surface area contributed by atoms with Crippen molar-refractivity contribution < 1.29 is 9.59 Å². The van der Waals surface area contributed by atoms with Crippen molar-refractivity contribution in [1.29, 1.82) is 0 Å². The van der Waals surface area contributed by atoms with Gasteiger partial charge in [-0.05, 0) is 38.5 Å². The molecule has 0 aromatic carbocycles. The first-order chi connectivity index (χ1) is 9.74. The van der Waals surface area contributed by atoms with Gasteiger partial charge in [-0.2, -0.15) is 0 Å². The summed E-state index contributed by atoms with van der Waals surface area (Å²) in [5.74, 6) is 0. The van der Waals surface area contributed by atoms with E-state index in [-0.39, 0.29) is 0 Å². The number of aliphatic hydroxyl groups is 1. The molecule has 2 nitrogen and oxygen atoms in total. The van der Waals surface area contributed by atoms with E-state index in [1.54, 1.807) is 0 Å². The Labute approximate surface area is 128 Å². The van der Waals surface area contributed by atoms with Crippen LogP contribution in [0.1, 0.15) is 85.0 Å². The minimum absolute atomic E-state index is 0.359. The zero-order valence-electron chi connectivity index (χ0n) is 14.5. The molecule has 0 fully saturated rings. The number of quaternary nitrogens is 1. The van der Waals surface area contributed by atoms with E-state index < -0.39 is 0 Å². The summed E-state index contributed by atoms with van der Waals surface area (Å²) in [4.78, 5) is 0. The summed E-state index contributed by atoms with van der Waals surface area (Å²) < 4.78 is 1.32. The highest BCUT2D eigenvalue weighted by atomic mass is 16.2. The first-order valence-corrected chi connectivity index (χ1v) is 9.20. The molecule has 0 bridgehead atoms. The molecule has 0 radical (unpaired) electrons. The molecule has 0 atom stereocenters. The summed E-state index contributed by atoms with van der Waals surface area (Å²) >= 11 is 0. The molecule has 0 aliphatic heterocycles. The quantitative estimate of drug-likeness (QED) is 0.340. The van der Waals surface area contributed by atoms with Crippen molar-refractivity contribution in [1.82, 2.24) is 0 Å². The second-order valence-electron chi connectivity index (χ2n) is 6.43. The van der Waals surface area contributed by atoms with Crippen LogP contribution < -0.4 is 0 Å². The monoisotopic (exact) mass is 286 g/mol. The largest absolute Gasteiger partial charge is 0.396 e. The van der Waals surface area contributed by atoms with Crippen molar-refractivity contribution in [3.8, 4) is 0 Å². The Kier molecular flexibility index (Phi) is 13.8. The first kappa shape index (κ1) is 19.9. The molecule has 122 valence electrons. The maximum absolute atomic E-state index is 9.05. The van der Waals surface area contributed by atoms with Crippen molar-refractivity contribution in [2.75, 3.05) is 32.8 Å². The molecule has 0 saturated carbocycles. The Morgan fingerprint density at radius 1 is 0.550 bits per heavy atom. The van der Waals surface area contributed by atoms with Gasteiger partial charge in [-0.15, -0.1) is 0 Å². The molecule has 2 heteroatoms. The van der Waals surface area contributed by atoms with E-state index in [9.17, 15) is 0 Å². The van der Waals surface area contributed by atoms with Gasteiger partial charge in [0.05, 0.1) is 26.2 Å². The van der Waals surface area contributed by atoms with Crippen LogP contribution in [-0.4, -0.2) is 42.4 Å². The van der Waals surface area contributed by atoms with Gasteiger partial charge in [-0.25, -0.2) is 0 Å². The van der Waals surface area contributed by atoms with Crippen LogP contribution in [-0.2, 0) is 0 Å². The van der Waals surface area contributed by atoms with Crippen molar-refractivity contribution in [3.05, 3.63) is 0 Å². The average molecular weight is 287 g/mol. The standard InChI is InChI=1S/C18H40NO/c1-4-7-10-11-16-19(14-8-5-2,15-9-6-3)17-12-13-18-20/h20H,4-18H2,1-3H3/q+1. The highest BCUT2D eigenvalue weighted by Crippen LogP contribution is 2.17. The molecule has 1 N–H and O–H groups in total. The van der Waals surface area contributed by atoms with Crippen LogP contribution in [0.2, 0.25) is 0 Å². The van der Waals surface area contributed by atoms with Crippen LogP contribution in [0.3, 0.4) is 0 Å². The van der Waals surface area contributed by atoms with Crippen LogP contribution in [0.5, 0.6) is 0 Å². The molecular formula is C18H40NO+. The molecule has 0 spiro atoms. The van der Waals surface area contributed by atoms with Gasteiger partial charge in [0.2, 0.25) is 0 Å². The molecule has 0 heterocycles. The van der Waals surface area contributed by atoms with Gasteiger partial charge < -0.3 is 9.59 Å². The molecule has 0 aliphatic carbocycles. The summed E-state index contributed by atoms with van der Waals surface area (Å²) in [5, 5.41) is 9.05. The van der Waals surface area contributed by atoms with Crippen LogP contribution in [0, 0.1) is 0 Å². The van der Waals surface area contributed by atoms with E-state index in [0.29, 0.717) is 6.61 Å². The number of hydrogen-bond donors (Lipinski definition) is 1. The summed E-state index contributed by atoms with van der Waals surface area (Å²) in [5.41, 5.74) is 0. The third-order valence-corrected chi connectivity index (χ3v) is 4.50. The molecule has 0 rings (SSSR count). The normalized spacial score (nSPS) is 12.0. The van der Waals surface area contributed by atoms with Gasteiger partial charge in [0.25, 0.3) is 0 Å². The second-order valence-corrected chi connectivity index (χ2v) is 6.43. The van der Waals surface area contributed by atoms with E-state index in [4.69, 9.17) is 5.11 Å². The lowest BCUT2D eigenvalue weighted by molar-refractivity contribution is -0.929. The summed E-state index contributed by atoms with van der Waals surface area (Å²) in [6.07, 6.45) is 13.0. The van der Waals surface area contributed by atoms with Crippen molar-refractivity contribution in [2.24, 2.45) is 0 Å². The third-order valence-electron chi connectivity index (χ3n) is 4.50. The van der Waals surface area contributed by atoms with Crippen molar-refractivity contribution in [2.45, 2.75) is 85.0 Å². The molecule has 20 heavy (non-hydrogen) atoms. The fourth-order valence-electron chi connectivity index (χ4n) is 3.09. The molecule has 0 aromatic rings. The Balaban J connectivity index is 4.43. The Morgan fingerprint density at radius 3 is 1.45 bits per heavy atom. The zero-order valence-corrected chi connectivity index (χ0v) is 14.5. The summed E-state index contributed by atoms with van der Waals surface area (Å²) in [6.45, 7) is 12.6. The van der Waals surface area contributed by atoms with Crippen LogP contribution in [0.4, 0.5) is 0 Å². The predicted molar refractivity (Wildman–Crippen MR) is 90.0 cm³/mol. The van der Waals surface area contributed by atoms with Gasteiger partial charge >= 0.3 is 0 Å². The van der Waals surface area contributed by atoms with Gasteiger partial charge in [0, 0.05) is 6.61 Å². The fraction of sp³-hybridized carbons (Fsp3) is 1.00. The molecule has 0 unspecified atom stereocenters. The minimum atomic E-state index is 0.359. The third kappa shape index (κ3) is 9.77. The van der Waals surface area contributed by atoms with E-state index in [1.807, 2.05) is 0 Å². The van der Waals surface area contributed by atoms with Crippen LogP contribution in [0.25, 0.3) is 0 Å². The SMILES string of the molecule is CCCCCC[N+](CCCC)(CCCC)CCCCO. The van der Waals surface area contributed by atoms with E-state index in [0.717, 1.165) is 6.42 Å². The number of hydrogen-bond acceptors (Lipinski definition) is 1. The van der Waals surface area contributed by atoms with Crippen molar-refractivity contribution in [3.63, 3.8) is 0 Å². The van der Waals surface area contributed by atoms with Crippen LogP contribution in [0.15, 0.2) is 0 Å². The van der Waals surface area contributed by atoms with Gasteiger partial charge in [0.15, 0.2) is 0 Å². The Bertz CT molecular complexity index is 186. The number of nitrogens with zero attached hydrogens (tertiary/aromatic N) is 1. The number of aliphatic hydroxyl groups excluding tert-OH is 1. The Morgan fingerprint density at radius 2 is 1.00 bits per heavy atom. The highest BCUT2D eigenvalue weighted by molar-refractivity contribution is 4.51. The van der Waals surface area contributed by atoms with Gasteiger partial charge in [-0.1, -0.05) is 46.5 Å². The van der Waals surface area contributed by atoms with E-state index in [1.165, 1.54) is 88.4 Å². The zero-order chi connectivity index (χ0) is 15.1. The smallest absolute Gasteiger partial charge is 0.0787 e. The molecule has 0 aliphatic rings. The van der Waals surface area contributed by atoms with Crippen LogP contribution >= 0.6 is 0 Å². The lowest BCUT2D eigenvalue weighted by atomic mass is 10.1. The number of unbranched alkanes of at least 4 members (excludes halogenated alkanes) is 6. The van der Waals surface area contributed by atoms with Crippen molar-refractivity contribution >= 4 is 0 Å². The first-order valence-electron chi connectivity index (χ1n) is 9.20. The number of rotatable bonds is 15. The topological polar surface area (TPSA) is 20.2 Å². The lowest BCUT2D eigenvalue weighted by Crippen LogP contribution is -2.50. The summed E-state index contributed by atoms with van der Waals surface area (Å²) in [7, 11) is 0. The van der Waals surface area contributed by atoms with Gasteiger partial charge in [0.1, 0.15) is 0 Å². The molecule has 0 aromatic heterocycles.